The first kappa shape index (κ1) is 15.2. The summed E-state index contributed by atoms with van der Waals surface area (Å²) in [5, 5.41) is 12.0. The van der Waals surface area contributed by atoms with Gasteiger partial charge in [-0.3, -0.25) is 4.79 Å². The molecule has 1 heterocycles. The molecule has 21 heavy (non-hydrogen) atoms. The van der Waals surface area contributed by atoms with E-state index in [9.17, 15) is 4.79 Å². The van der Waals surface area contributed by atoms with Gasteiger partial charge in [0.15, 0.2) is 0 Å². The molecule has 0 unspecified atom stereocenters. The monoisotopic (exact) mass is 303 g/mol. The van der Waals surface area contributed by atoms with Gasteiger partial charge in [0.25, 0.3) is 0 Å². The first-order chi connectivity index (χ1) is 10.2. The van der Waals surface area contributed by atoms with E-state index in [2.05, 4.69) is 15.5 Å². The van der Waals surface area contributed by atoms with Crippen LogP contribution in [-0.4, -0.2) is 23.2 Å². The summed E-state index contributed by atoms with van der Waals surface area (Å²) in [7, 11) is 1.64. The number of rotatable bonds is 6. The van der Waals surface area contributed by atoms with Crippen LogP contribution in [0.2, 0.25) is 0 Å². The summed E-state index contributed by atoms with van der Waals surface area (Å²) in [6.45, 7) is 1.96. The average molecular weight is 303 g/mol. The molecule has 0 aliphatic heterocycles. The zero-order valence-electron chi connectivity index (χ0n) is 12.0. The number of methoxy groups -OCH3 is 1. The van der Waals surface area contributed by atoms with E-state index < -0.39 is 0 Å². The fraction of sp³-hybridized carbons (Fsp3) is 0.267. The summed E-state index contributed by atoms with van der Waals surface area (Å²) < 4.78 is 5.11. The van der Waals surface area contributed by atoms with Crippen LogP contribution in [-0.2, 0) is 4.79 Å². The van der Waals surface area contributed by atoms with Crippen molar-refractivity contribution in [2.75, 3.05) is 12.4 Å². The lowest BCUT2D eigenvalue weighted by Gasteiger charge is -1.98. The van der Waals surface area contributed by atoms with E-state index in [1.54, 1.807) is 7.11 Å². The summed E-state index contributed by atoms with van der Waals surface area (Å²) in [5.74, 6) is 0.795. The lowest BCUT2D eigenvalue weighted by Crippen LogP contribution is -2.10. The van der Waals surface area contributed by atoms with Gasteiger partial charge in [-0.1, -0.05) is 36.5 Å². The van der Waals surface area contributed by atoms with Gasteiger partial charge in [0.05, 0.1) is 7.11 Å². The molecule has 0 aliphatic carbocycles. The van der Waals surface area contributed by atoms with Crippen LogP contribution in [0.1, 0.15) is 30.3 Å². The smallest absolute Gasteiger partial charge is 0.226 e. The highest BCUT2D eigenvalue weighted by Crippen LogP contribution is 2.19. The summed E-state index contributed by atoms with van der Waals surface area (Å²) in [6, 6.07) is 7.72. The third-order valence-electron chi connectivity index (χ3n) is 2.70. The number of nitrogens with zero attached hydrogens (tertiary/aromatic N) is 2. The Morgan fingerprint density at radius 3 is 2.71 bits per heavy atom. The topological polar surface area (TPSA) is 64.1 Å². The lowest BCUT2D eigenvalue weighted by molar-refractivity contribution is -0.116. The van der Waals surface area contributed by atoms with E-state index in [-0.39, 0.29) is 5.91 Å². The summed E-state index contributed by atoms with van der Waals surface area (Å²) in [6.07, 6.45) is 5.12. The van der Waals surface area contributed by atoms with Crippen LogP contribution in [0.3, 0.4) is 0 Å². The second kappa shape index (κ2) is 7.54. The van der Waals surface area contributed by atoms with Crippen molar-refractivity contribution in [2.24, 2.45) is 0 Å². The number of ether oxygens (including phenoxy) is 1. The number of carbonyl (C=O) groups is 1. The van der Waals surface area contributed by atoms with Crippen molar-refractivity contribution in [1.82, 2.24) is 10.2 Å². The number of benzene rings is 1. The molecule has 6 heteroatoms. The minimum atomic E-state index is -0.0284. The zero-order valence-corrected chi connectivity index (χ0v) is 12.8. The van der Waals surface area contributed by atoms with E-state index in [0.717, 1.165) is 22.7 Å². The third kappa shape index (κ3) is 4.68. The Kier molecular flexibility index (Phi) is 5.45. The summed E-state index contributed by atoms with van der Waals surface area (Å²) in [4.78, 5) is 11.5. The van der Waals surface area contributed by atoms with Crippen LogP contribution in [0.4, 0.5) is 5.13 Å². The van der Waals surface area contributed by atoms with Crippen molar-refractivity contribution in [1.29, 1.82) is 0 Å². The van der Waals surface area contributed by atoms with Gasteiger partial charge in [0, 0.05) is 6.42 Å². The Morgan fingerprint density at radius 1 is 1.29 bits per heavy atom. The predicted octanol–water partition coefficient (Wildman–Crippen LogP) is 3.46. The normalized spacial score (nSPS) is 10.8. The van der Waals surface area contributed by atoms with E-state index in [4.69, 9.17) is 4.74 Å². The molecular weight excluding hydrogens is 286 g/mol. The van der Waals surface area contributed by atoms with Gasteiger partial charge in [-0.25, -0.2) is 0 Å². The zero-order chi connectivity index (χ0) is 15.1. The molecule has 0 atom stereocenters. The lowest BCUT2D eigenvalue weighted by atomic mass is 10.2. The maximum absolute atomic E-state index is 11.5. The first-order valence-electron chi connectivity index (χ1n) is 6.66. The molecule has 1 N–H and O–H groups in total. The van der Waals surface area contributed by atoms with Crippen LogP contribution < -0.4 is 10.1 Å². The first-order valence-corrected chi connectivity index (χ1v) is 7.48. The largest absolute Gasteiger partial charge is 0.497 e. The highest BCUT2D eigenvalue weighted by molar-refractivity contribution is 7.16. The van der Waals surface area contributed by atoms with Gasteiger partial charge in [0.2, 0.25) is 11.0 Å². The Morgan fingerprint density at radius 2 is 2.05 bits per heavy atom. The fourth-order valence-electron chi connectivity index (χ4n) is 1.64. The molecule has 1 aromatic carbocycles. The number of carbonyl (C=O) groups excluding carboxylic acids is 1. The molecule has 0 aliphatic rings. The van der Waals surface area contributed by atoms with Gasteiger partial charge >= 0.3 is 0 Å². The van der Waals surface area contributed by atoms with E-state index in [0.29, 0.717) is 11.6 Å². The van der Waals surface area contributed by atoms with Crippen molar-refractivity contribution in [2.45, 2.75) is 19.8 Å². The maximum Gasteiger partial charge on any atom is 0.226 e. The molecule has 110 valence electrons. The summed E-state index contributed by atoms with van der Waals surface area (Å²) in [5.41, 5.74) is 1.04. The molecule has 0 saturated heterocycles. The van der Waals surface area contributed by atoms with Crippen molar-refractivity contribution in [3.8, 4) is 5.75 Å². The van der Waals surface area contributed by atoms with Crippen LogP contribution >= 0.6 is 11.3 Å². The molecule has 1 aromatic heterocycles. The number of anilines is 1. The summed E-state index contributed by atoms with van der Waals surface area (Å²) >= 11 is 1.35. The van der Waals surface area contributed by atoms with Gasteiger partial charge in [0.1, 0.15) is 10.8 Å². The molecule has 0 spiro atoms. The second-order valence-electron chi connectivity index (χ2n) is 4.35. The molecular formula is C15H17N3O2S. The van der Waals surface area contributed by atoms with Crippen molar-refractivity contribution < 1.29 is 9.53 Å². The Hall–Kier alpha value is -2.21. The van der Waals surface area contributed by atoms with E-state index >= 15 is 0 Å². The fourth-order valence-corrected chi connectivity index (χ4v) is 2.31. The molecule has 2 aromatic rings. The molecule has 0 fully saturated rings. The van der Waals surface area contributed by atoms with Crippen LogP contribution in [0.25, 0.3) is 12.2 Å². The number of hydrogen-bond acceptors (Lipinski definition) is 5. The average Bonchev–Trinajstić information content (AvgIpc) is 2.93. The molecule has 2 rings (SSSR count). The van der Waals surface area contributed by atoms with Crippen molar-refractivity contribution >= 4 is 34.5 Å². The molecule has 0 radical (unpaired) electrons. The molecule has 0 saturated carbocycles. The number of nitrogens with one attached hydrogen (secondary N) is 1. The van der Waals surface area contributed by atoms with Gasteiger partial charge in [-0.05, 0) is 30.2 Å². The number of aromatic nitrogens is 2. The molecule has 0 bridgehead atoms. The highest BCUT2D eigenvalue weighted by Gasteiger charge is 2.05. The van der Waals surface area contributed by atoms with Crippen molar-refractivity contribution in [3.05, 3.63) is 34.8 Å². The quantitative estimate of drug-likeness (QED) is 0.887. The van der Waals surface area contributed by atoms with Crippen LogP contribution in [0.15, 0.2) is 24.3 Å². The van der Waals surface area contributed by atoms with Crippen molar-refractivity contribution in [3.63, 3.8) is 0 Å². The second-order valence-corrected chi connectivity index (χ2v) is 5.36. The van der Waals surface area contributed by atoms with Gasteiger partial charge in [-0.15, -0.1) is 10.2 Å². The minimum Gasteiger partial charge on any atom is -0.497 e. The number of hydrogen-bond donors (Lipinski definition) is 1. The molecule has 5 nitrogen and oxygen atoms in total. The minimum absolute atomic E-state index is 0.0284. The predicted molar refractivity (Wildman–Crippen MR) is 85.4 cm³/mol. The Bertz CT molecular complexity index is 620. The maximum atomic E-state index is 11.5. The molecule has 1 amide bonds. The van der Waals surface area contributed by atoms with Gasteiger partial charge < -0.3 is 10.1 Å². The van der Waals surface area contributed by atoms with E-state index in [1.807, 2.05) is 43.3 Å². The highest BCUT2D eigenvalue weighted by atomic mass is 32.1. The van der Waals surface area contributed by atoms with Crippen LogP contribution in [0.5, 0.6) is 5.75 Å². The Labute approximate surface area is 127 Å². The Balaban J connectivity index is 1.97. The standard InChI is InChI=1S/C15H17N3O2S/c1-3-4-13(19)16-15-18-17-14(21-15)10-7-11-5-8-12(20-2)9-6-11/h5-10H,3-4H2,1-2H3,(H,16,18,19)/b10-7+. The third-order valence-corrected chi connectivity index (χ3v) is 3.50. The van der Waals surface area contributed by atoms with E-state index in [1.165, 1.54) is 11.3 Å². The number of amides is 1. The SMILES string of the molecule is CCCC(=O)Nc1nnc(/C=C/c2ccc(OC)cc2)s1. The van der Waals surface area contributed by atoms with Crippen LogP contribution in [0, 0.1) is 0 Å². The van der Waals surface area contributed by atoms with Gasteiger partial charge in [-0.2, -0.15) is 0 Å².